The summed E-state index contributed by atoms with van der Waals surface area (Å²) in [5, 5.41) is 5.81. The van der Waals surface area contributed by atoms with Crippen LogP contribution in [0.1, 0.15) is 24.8 Å². The number of rotatable bonds is 7. The maximum Gasteiger partial charge on any atom is 0.243 e. The Labute approximate surface area is 172 Å². The van der Waals surface area contributed by atoms with Crippen molar-refractivity contribution >= 4 is 27.3 Å². The molecular formula is C21H27N3O4S. The van der Waals surface area contributed by atoms with Crippen molar-refractivity contribution in [1.29, 1.82) is 0 Å². The molecule has 2 aromatic rings. The fourth-order valence-corrected chi connectivity index (χ4v) is 4.89. The Bertz CT molecular complexity index is 970. The molecule has 0 saturated carbocycles. The van der Waals surface area contributed by atoms with Crippen LogP contribution in [0.4, 0.5) is 11.4 Å². The zero-order chi connectivity index (χ0) is 20.9. The number of ether oxygens (including phenoxy) is 1. The van der Waals surface area contributed by atoms with E-state index in [9.17, 15) is 13.2 Å². The zero-order valence-electron chi connectivity index (χ0n) is 16.8. The van der Waals surface area contributed by atoms with Gasteiger partial charge in [0.2, 0.25) is 15.9 Å². The highest BCUT2D eigenvalue weighted by molar-refractivity contribution is 7.89. The fourth-order valence-electron chi connectivity index (χ4n) is 3.33. The molecule has 0 atom stereocenters. The average molecular weight is 418 g/mol. The lowest BCUT2D eigenvalue weighted by atomic mass is 10.2. The van der Waals surface area contributed by atoms with Gasteiger partial charge in [0.25, 0.3) is 0 Å². The minimum atomic E-state index is -3.54. The molecule has 2 aromatic carbocycles. The van der Waals surface area contributed by atoms with Crippen molar-refractivity contribution in [3.63, 3.8) is 0 Å². The lowest BCUT2D eigenvalue weighted by Crippen LogP contribution is -2.35. The minimum absolute atomic E-state index is 0.0307. The second-order valence-corrected chi connectivity index (χ2v) is 9.04. The van der Waals surface area contributed by atoms with E-state index in [-0.39, 0.29) is 17.3 Å². The molecule has 0 unspecified atom stereocenters. The molecule has 0 aromatic heterocycles. The topological polar surface area (TPSA) is 87.7 Å². The molecule has 1 aliphatic heterocycles. The van der Waals surface area contributed by atoms with Crippen LogP contribution in [0.2, 0.25) is 0 Å². The van der Waals surface area contributed by atoms with E-state index in [4.69, 9.17) is 4.74 Å². The van der Waals surface area contributed by atoms with Crippen molar-refractivity contribution in [1.82, 2.24) is 4.31 Å². The maximum absolute atomic E-state index is 12.8. The van der Waals surface area contributed by atoms with Gasteiger partial charge >= 0.3 is 0 Å². The van der Waals surface area contributed by atoms with Crippen molar-refractivity contribution < 1.29 is 17.9 Å². The molecule has 156 valence electrons. The van der Waals surface area contributed by atoms with Crippen LogP contribution in [0.3, 0.4) is 0 Å². The first kappa shape index (κ1) is 21.1. The quantitative estimate of drug-likeness (QED) is 0.722. The molecule has 3 rings (SSSR count). The van der Waals surface area contributed by atoms with Gasteiger partial charge in [-0.25, -0.2) is 8.42 Å². The molecule has 29 heavy (non-hydrogen) atoms. The first-order chi connectivity index (χ1) is 13.9. The van der Waals surface area contributed by atoms with Gasteiger partial charge in [0.15, 0.2) is 0 Å². The number of amides is 1. The van der Waals surface area contributed by atoms with E-state index in [1.165, 1.54) is 10.4 Å². The highest BCUT2D eigenvalue weighted by Gasteiger charge is 2.26. The zero-order valence-corrected chi connectivity index (χ0v) is 17.6. The summed E-state index contributed by atoms with van der Waals surface area (Å²) >= 11 is 0. The first-order valence-electron chi connectivity index (χ1n) is 9.69. The summed E-state index contributed by atoms with van der Waals surface area (Å²) in [5.41, 5.74) is 2.22. The van der Waals surface area contributed by atoms with Gasteiger partial charge in [-0.3, -0.25) is 4.79 Å². The monoisotopic (exact) mass is 417 g/mol. The Morgan fingerprint density at radius 2 is 1.86 bits per heavy atom. The van der Waals surface area contributed by atoms with E-state index in [0.29, 0.717) is 24.5 Å². The molecule has 1 saturated heterocycles. The number of aryl methyl sites for hydroxylation is 1. The van der Waals surface area contributed by atoms with Crippen molar-refractivity contribution in [2.45, 2.75) is 31.1 Å². The molecule has 1 amide bonds. The van der Waals surface area contributed by atoms with Crippen LogP contribution in [0.25, 0.3) is 0 Å². The Morgan fingerprint density at radius 1 is 1.10 bits per heavy atom. The standard InChI is InChI=1S/C21H27N3O4S/c1-16-9-10-20(28-2)19(13-16)22-15-21(25)23-17-7-6-8-18(14-17)29(26,27)24-11-4-3-5-12-24/h6-10,13-14,22H,3-5,11-12,15H2,1-2H3,(H,23,25). The Kier molecular flexibility index (Phi) is 6.76. The number of methoxy groups -OCH3 is 1. The largest absolute Gasteiger partial charge is 0.495 e. The van der Waals surface area contributed by atoms with Crippen LogP contribution in [-0.4, -0.2) is 45.4 Å². The van der Waals surface area contributed by atoms with Gasteiger partial charge in [0, 0.05) is 18.8 Å². The third kappa shape index (κ3) is 5.27. The number of anilines is 2. The molecule has 8 heteroatoms. The van der Waals surface area contributed by atoms with Crippen molar-refractivity contribution in [2.24, 2.45) is 0 Å². The molecule has 2 N–H and O–H groups in total. The van der Waals surface area contributed by atoms with Gasteiger partial charge in [-0.2, -0.15) is 4.31 Å². The van der Waals surface area contributed by atoms with Crippen molar-refractivity contribution in [3.05, 3.63) is 48.0 Å². The number of hydrogen-bond donors (Lipinski definition) is 2. The van der Waals surface area contributed by atoms with E-state index in [1.54, 1.807) is 25.3 Å². The Balaban J connectivity index is 1.65. The lowest BCUT2D eigenvalue weighted by Gasteiger charge is -2.26. The van der Waals surface area contributed by atoms with Crippen LogP contribution in [0.5, 0.6) is 5.75 Å². The number of hydrogen-bond acceptors (Lipinski definition) is 5. The predicted octanol–water partition coefficient (Wildman–Crippen LogP) is 3.23. The normalized spacial score (nSPS) is 15.0. The van der Waals surface area contributed by atoms with E-state index in [1.807, 2.05) is 25.1 Å². The number of nitrogens with zero attached hydrogens (tertiary/aromatic N) is 1. The fraction of sp³-hybridized carbons (Fsp3) is 0.381. The van der Waals surface area contributed by atoms with Gasteiger partial charge in [-0.1, -0.05) is 18.6 Å². The molecular weight excluding hydrogens is 390 g/mol. The number of piperidine rings is 1. The number of nitrogens with one attached hydrogen (secondary N) is 2. The van der Waals surface area contributed by atoms with Crippen LogP contribution in [0.15, 0.2) is 47.4 Å². The molecule has 0 bridgehead atoms. The summed E-state index contributed by atoms with van der Waals surface area (Å²) in [7, 11) is -1.97. The molecule has 1 heterocycles. The predicted molar refractivity (Wildman–Crippen MR) is 114 cm³/mol. The van der Waals surface area contributed by atoms with Crippen LogP contribution in [-0.2, 0) is 14.8 Å². The summed E-state index contributed by atoms with van der Waals surface area (Å²) < 4.78 is 32.5. The van der Waals surface area contributed by atoms with Gasteiger partial charge in [-0.15, -0.1) is 0 Å². The average Bonchev–Trinajstić information content (AvgIpc) is 2.73. The lowest BCUT2D eigenvalue weighted by molar-refractivity contribution is -0.114. The summed E-state index contributed by atoms with van der Waals surface area (Å²) in [6, 6.07) is 12.1. The van der Waals surface area contributed by atoms with Gasteiger partial charge in [-0.05, 0) is 55.7 Å². The minimum Gasteiger partial charge on any atom is -0.495 e. The van der Waals surface area contributed by atoms with E-state index < -0.39 is 10.0 Å². The number of carbonyl (C=O) groups is 1. The second-order valence-electron chi connectivity index (χ2n) is 7.10. The summed E-state index contributed by atoms with van der Waals surface area (Å²) in [5.74, 6) is 0.374. The molecule has 0 spiro atoms. The third-order valence-electron chi connectivity index (χ3n) is 4.86. The van der Waals surface area contributed by atoms with Crippen molar-refractivity contribution in [3.8, 4) is 5.75 Å². The van der Waals surface area contributed by atoms with E-state index >= 15 is 0 Å². The van der Waals surface area contributed by atoms with Crippen molar-refractivity contribution in [2.75, 3.05) is 37.4 Å². The molecule has 0 radical (unpaired) electrons. The summed E-state index contributed by atoms with van der Waals surface area (Å²) in [6.07, 6.45) is 2.81. The van der Waals surface area contributed by atoms with E-state index in [0.717, 1.165) is 30.5 Å². The highest BCUT2D eigenvalue weighted by Crippen LogP contribution is 2.25. The molecule has 1 aliphatic rings. The molecule has 1 fully saturated rings. The van der Waals surface area contributed by atoms with E-state index in [2.05, 4.69) is 10.6 Å². The molecule has 0 aliphatic carbocycles. The van der Waals surface area contributed by atoms with Gasteiger partial charge in [0.1, 0.15) is 5.75 Å². The SMILES string of the molecule is COc1ccc(C)cc1NCC(=O)Nc1cccc(S(=O)(=O)N2CCCCC2)c1. The number of sulfonamides is 1. The third-order valence-corrected chi connectivity index (χ3v) is 6.76. The maximum atomic E-state index is 12.8. The first-order valence-corrected chi connectivity index (χ1v) is 11.1. The van der Waals surface area contributed by atoms with Gasteiger partial charge in [0.05, 0.1) is 24.2 Å². The number of carbonyl (C=O) groups excluding carboxylic acids is 1. The highest BCUT2D eigenvalue weighted by atomic mass is 32.2. The van der Waals surface area contributed by atoms with Crippen LogP contribution < -0.4 is 15.4 Å². The Morgan fingerprint density at radius 3 is 2.59 bits per heavy atom. The second kappa shape index (κ2) is 9.28. The smallest absolute Gasteiger partial charge is 0.243 e. The summed E-state index contributed by atoms with van der Waals surface area (Å²) in [6.45, 7) is 3.07. The summed E-state index contributed by atoms with van der Waals surface area (Å²) in [4.78, 5) is 12.6. The van der Waals surface area contributed by atoms with Gasteiger partial charge < -0.3 is 15.4 Å². The molecule has 7 nitrogen and oxygen atoms in total. The van der Waals surface area contributed by atoms with Crippen LogP contribution >= 0.6 is 0 Å². The number of benzene rings is 2. The van der Waals surface area contributed by atoms with Crippen LogP contribution in [0, 0.1) is 6.92 Å². The Hall–Kier alpha value is -2.58.